The Morgan fingerprint density at radius 1 is 1.11 bits per heavy atom. The first kappa shape index (κ1) is 24.7. The van der Waals surface area contributed by atoms with Crippen molar-refractivity contribution < 1.29 is 33.3 Å². The molecular weight excluding hydrogens is 460 g/mol. The van der Waals surface area contributed by atoms with Crippen molar-refractivity contribution in [3.8, 4) is 11.5 Å². The summed E-state index contributed by atoms with van der Waals surface area (Å²) in [5, 5.41) is 0. The van der Waals surface area contributed by atoms with Gasteiger partial charge in [-0.15, -0.1) is 0 Å². The van der Waals surface area contributed by atoms with Crippen LogP contribution in [0.15, 0.2) is 89.9 Å². The van der Waals surface area contributed by atoms with Gasteiger partial charge in [0.25, 0.3) is 0 Å². The number of hydrogen-bond donors (Lipinski definition) is 0. The average Bonchev–Trinajstić information content (AvgIpc) is 2.86. The molecule has 7 nitrogen and oxygen atoms in total. The maximum Gasteiger partial charge on any atom is 0.343 e. The Bertz CT molecular complexity index is 1350. The third kappa shape index (κ3) is 4.73. The molecule has 0 amide bonds. The molecule has 0 fully saturated rings. The highest BCUT2D eigenvalue weighted by Crippen LogP contribution is 2.36. The molecule has 7 heteroatoms. The Labute approximate surface area is 209 Å². The molecule has 1 aliphatic heterocycles. The Kier molecular flexibility index (Phi) is 6.92. The van der Waals surface area contributed by atoms with Gasteiger partial charge < -0.3 is 18.9 Å². The van der Waals surface area contributed by atoms with E-state index in [-0.39, 0.29) is 16.9 Å². The molecule has 4 rings (SSSR count). The highest BCUT2D eigenvalue weighted by molar-refractivity contribution is 6.26. The van der Waals surface area contributed by atoms with E-state index in [1.165, 1.54) is 26.4 Å². The molecule has 36 heavy (non-hydrogen) atoms. The number of methoxy groups -OCH3 is 1. The molecule has 1 aliphatic carbocycles. The van der Waals surface area contributed by atoms with E-state index in [4.69, 9.17) is 18.9 Å². The average molecular weight is 487 g/mol. The van der Waals surface area contributed by atoms with Gasteiger partial charge in [-0.1, -0.05) is 36.4 Å². The molecule has 0 bridgehead atoms. The lowest BCUT2D eigenvalue weighted by molar-refractivity contribution is -0.145. The SMILES string of the molecule is C/C=C\C1=CC2=CC(=O)[C@@](C)(OC(=O)c3c(C)cc(OCc4ccccc4)cc3OC)C(=O)C2=CO1. The van der Waals surface area contributed by atoms with Gasteiger partial charge >= 0.3 is 5.97 Å². The number of fused-ring (bicyclic) bond motifs is 1. The van der Waals surface area contributed by atoms with E-state index in [2.05, 4.69) is 0 Å². The summed E-state index contributed by atoms with van der Waals surface area (Å²) in [6.45, 7) is 5.15. The first-order valence-electron chi connectivity index (χ1n) is 11.4. The van der Waals surface area contributed by atoms with Crippen molar-refractivity contribution in [1.29, 1.82) is 0 Å². The Morgan fingerprint density at radius 3 is 2.56 bits per heavy atom. The number of hydrogen-bond acceptors (Lipinski definition) is 7. The lowest BCUT2D eigenvalue weighted by Gasteiger charge is -2.31. The van der Waals surface area contributed by atoms with E-state index in [9.17, 15) is 14.4 Å². The first-order valence-corrected chi connectivity index (χ1v) is 11.4. The van der Waals surface area contributed by atoms with Crippen molar-refractivity contribution in [1.82, 2.24) is 0 Å². The second-order valence-electron chi connectivity index (χ2n) is 8.50. The molecule has 0 saturated heterocycles. The van der Waals surface area contributed by atoms with Crippen LogP contribution in [0.2, 0.25) is 0 Å². The maximum absolute atomic E-state index is 13.3. The predicted octanol–water partition coefficient (Wildman–Crippen LogP) is 4.95. The number of ketones is 2. The minimum Gasteiger partial charge on any atom is -0.496 e. The number of rotatable bonds is 7. The molecule has 2 aliphatic rings. The number of aryl methyl sites for hydroxylation is 1. The summed E-state index contributed by atoms with van der Waals surface area (Å²) < 4.78 is 22.3. The summed E-state index contributed by atoms with van der Waals surface area (Å²) in [5.41, 5.74) is 0.128. The van der Waals surface area contributed by atoms with Crippen LogP contribution in [0.25, 0.3) is 0 Å². The van der Waals surface area contributed by atoms with E-state index >= 15 is 0 Å². The quantitative estimate of drug-likeness (QED) is 0.404. The molecule has 184 valence electrons. The topological polar surface area (TPSA) is 88.1 Å². The zero-order valence-electron chi connectivity index (χ0n) is 20.5. The highest BCUT2D eigenvalue weighted by atomic mass is 16.6. The fourth-order valence-electron chi connectivity index (χ4n) is 3.97. The zero-order valence-corrected chi connectivity index (χ0v) is 20.5. The van der Waals surface area contributed by atoms with Crippen LogP contribution >= 0.6 is 0 Å². The van der Waals surface area contributed by atoms with E-state index in [0.717, 1.165) is 5.56 Å². The van der Waals surface area contributed by atoms with Crippen LogP contribution in [-0.4, -0.2) is 30.2 Å². The molecule has 0 N–H and O–H groups in total. The molecule has 0 saturated carbocycles. The van der Waals surface area contributed by atoms with Crippen LogP contribution in [0.1, 0.15) is 35.3 Å². The van der Waals surface area contributed by atoms with Crippen LogP contribution in [-0.2, 0) is 25.7 Å². The number of benzene rings is 2. The van der Waals surface area contributed by atoms with E-state index in [1.807, 2.05) is 37.3 Å². The lowest BCUT2D eigenvalue weighted by Crippen LogP contribution is -2.50. The summed E-state index contributed by atoms with van der Waals surface area (Å²) in [6.07, 6.45) is 7.63. The first-order chi connectivity index (χ1) is 17.3. The van der Waals surface area contributed by atoms with Crippen LogP contribution in [0.5, 0.6) is 11.5 Å². The molecule has 0 spiro atoms. The standard InChI is InChI=1S/C29H26O7/c1-5-9-21-13-20-14-25(30)29(3,27(31)23(20)17-35-21)36-28(32)26-18(2)12-22(15-24(26)33-4)34-16-19-10-7-6-8-11-19/h5-15,17H,16H2,1-4H3/b9-5-/t29-/m1/s1. The second kappa shape index (κ2) is 10.1. The smallest absolute Gasteiger partial charge is 0.343 e. The summed E-state index contributed by atoms with van der Waals surface area (Å²) in [4.78, 5) is 39.5. The van der Waals surface area contributed by atoms with Crippen molar-refractivity contribution in [2.24, 2.45) is 0 Å². The normalized spacial score (nSPS) is 19.1. The predicted molar refractivity (Wildman–Crippen MR) is 132 cm³/mol. The van der Waals surface area contributed by atoms with Crippen molar-refractivity contribution in [3.05, 3.63) is 107 Å². The van der Waals surface area contributed by atoms with E-state index in [1.54, 1.807) is 37.3 Å². The summed E-state index contributed by atoms with van der Waals surface area (Å²) >= 11 is 0. The van der Waals surface area contributed by atoms with E-state index < -0.39 is 23.1 Å². The van der Waals surface area contributed by atoms with Crippen LogP contribution in [0, 0.1) is 6.92 Å². The molecule has 1 heterocycles. The number of Topliss-reactive ketones (excluding diaryl/α,β-unsaturated/α-hetero) is 1. The van der Waals surface area contributed by atoms with Gasteiger partial charge in [0.1, 0.15) is 35.7 Å². The minimum absolute atomic E-state index is 0.102. The molecule has 0 unspecified atom stereocenters. The van der Waals surface area contributed by atoms with Gasteiger partial charge in [0.2, 0.25) is 17.2 Å². The van der Waals surface area contributed by atoms with Crippen molar-refractivity contribution >= 4 is 17.5 Å². The van der Waals surface area contributed by atoms with Gasteiger partial charge in [-0.25, -0.2) is 4.79 Å². The van der Waals surface area contributed by atoms with Crippen LogP contribution < -0.4 is 9.47 Å². The van der Waals surface area contributed by atoms with Gasteiger partial charge in [-0.3, -0.25) is 9.59 Å². The molecule has 2 aromatic carbocycles. The highest BCUT2D eigenvalue weighted by Gasteiger charge is 2.50. The molecule has 0 aromatic heterocycles. The molecule has 2 aromatic rings. The van der Waals surface area contributed by atoms with Gasteiger partial charge in [0.15, 0.2) is 0 Å². The Hall–Kier alpha value is -4.39. The molecule has 0 radical (unpaired) electrons. The maximum atomic E-state index is 13.3. The number of ether oxygens (including phenoxy) is 4. The Morgan fingerprint density at radius 2 is 1.86 bits per heavy atom. The van der Waals surface area contributed by atoms with Crippen molar-refractivity contribution in [2.75, 3.05) is 7.11 Å². The number of carbonyl (C=O) groups is 3. The number of esters is 1. The van der Waals surface area contributed by atoms with Crippen LogP contribution in [0.4, 0.5) is 0 Å². The van der Waals surface area contributed by atoms with Gasteiger partial charge in [-0.2, -0.15) is 0 Å². The fourth-order valence-corrected chi connectivity index (χ4v) is 3.97. The minimum atomic E-state index is -2.04. The number of carbonyl (C=O) groups excluding carboxylic acids is 3. The Balaban J connectivity index is 1.58. The third-order valence-electron chi connectivity index (χ3n) is 5.93. The second-order valence-corrected chi connectivity index (χ2v) is 8.50. The molecule has 1 atom stereocenters. The van der Waals surface area contributed by atoms with E-state index in [0.29, 0.717) is 29.3 Å². The lowest BCUT2D eigenvalue weighted by atomic mass is 9.80. The zero-order chi connectivity index (χ0) is 25.9. The summed E-state index contributed by atoms with van der Waals surface area (Å²) in [5.74, 6) is -0.954. The van der Waals surface area contributed by atoms with Gasteiger partial charge in [-0.05, 0) is 61.8 Å². The van der Waals surface area contributed by atoms with Crippen molar-refractivity contribution in [3.63, 3.8) is 0 Å². The monoisotopic (exact) mass is 486 g/mol. The summed E-state index contributed by atoms with van der Waals surface area (Å²) in [7, 11) is 1.42. The van der Waals surface area contributed by atoms with Gasteiger partial charge in [0.05, 0.1) is 12.7 Å². The summed E-state index contributed by atoms with van der Waals surface area (Å²) in [6, 6.07) is 12.9. The third-order valence-corrected chi connectivity index (χ3v) is 5.93. The van der Waals surface area contributed by atoms with Gasteiger partial charge in [0, 0.05) is 6.07 Å². The number of allylic oxidation sites excluding steroid dienone is 4. The molecular formula is C29H26O7. The fraction of sp³-hybridized carbons (Fsp3) is 0.207. The van der Waals surface area contributed by atoms with Crippen molar-refractivity contribution in [2.45, 2.75) is 33.0 Å². The largest absolute Gasteiger partial charge is 0.496 e. The van der Waals surface area contributed by atoms with Crippen LogP contribution in [0.3, 0.4) is 0 Å².